The molecule has 134 valence electrons. The number of aliphatic hydroxyl groups is 1. The van der Waals surface area contributed by atoms with Gasteiger partial charge >= 0.3 is 0 Å². The van der Waals surface area contributed by atoms with Crippen LogP contribution in [-0.4, -0.2) is 30.1 Å². The molecule has 2 rings (SSSR count). The first-order valence-corrected chi connectivity index (χ1v) is 8.01. The van der Waals surface area contributed by atoms with Crippen molar-refractivity contribution in [3.8, 4) is 0 Å². The smallest absolute Gasteiger partial charge is 0.248 e. The topological polar surface area (TPSA) is 49.3 Å². The average molecular weight is 347 g/mol. The molecule has 0 radical (unpaired) electrons. The Morgan fingerprint density at radius 1 is 1.33 bits per heavy atom. The van der Waals surface area contributed by atoms with E-state index in [0.29, 0.717) is 18.4 Å². The summed E-state index contributed by atoms with van der Waals surface area (Å²) in [5, 5.41) is 12.0. The van der Waals surface area contributed by atoms with Crippen molar-refractivity contribution >= 4 is 5.91 Å². The Hall–Kier alpha value is -1.63. The Labute approximate surface area is 138 Å². The molecule has 1 saturated carbocycles. The predicted molar refractivity (Wildman–Crippen MR) is 80.6 cm³/mol. The molecule has 1 fully saturated rings. The maximum atomic E-state index is 13.4. The summed E-state index contributed by atoms with van der Waals surface area (Å²) in [5.41, 5.74) is 0.492. The van der Waals surface area contributed by atoms with Gasteiger partial charge in [-0.05, 0) is 37.0 Å². The molecule has 24 heavy (non-hydrogen) atoms. The summed E-state index contributed by atoms with van der Waals surface area (Å²) in [6, 6.07) is 3.45. The minimum atomic E-state index is -2.80. The molecule has 1 amide bonds. The second-order valence-corrected chi connectivity index (χ2v) is 6.40. The third kappa shape index (κ3) is 5.19. The number of rotatable bonds is 6. The van der Waals surface area contributed by atoms with Crippen LogP contribution in [0.2, 0.25) is 0 Å². The number of hydrogen-bond acceptors (Lipinski definition) is 2. The maximum absolute atomic E-state index is 13.4. The normalized spacial score (nSPS) is 21.3. The molecule has 1 aromatic rings. The van der Waals surface area contributed by atoms with E-state index in [1.807, 2.05) is 0 Å². The minimum absolute atomic E-state index is 0.0937. The van der Waals surface area contributed by atoms with E-state index in [9.17, 15) is 27.5 Å². The van der Waals surface area contributed by atoms with Gasteiger partial charge in [0.05, 0.1) is 0 Å². The first-order chi connectivity index (χ1) is 11.3. The molecule has 2 N–H and O–H groups in total. The Balaban J connectivity index is 1.86. The third-order valence-corrected chi connectivity index (χ3v) is 4.34. The fourth-order valence-corrected chi connectivity index (χ4v) is 2.99. The van der Waals surface area contributed by atoms with E-state index in [4.69, 9.17) is 0 Å². The molecular formula is C17H21F4NO2. The van der Waals surface area contributed by atoms with Crippen LogP contribution >= 0.6 is 0 Å². The Kier molecular flexibility index (Phi) is 6.21. The van der Waals surface area contributed by atoms with E-state index in [1.165, 1.54) is 6.07 Å². The Bertz CT molecular complexity index is 580. The van der Waals surface area contributed by atoms with Crippen molar-refractivity contribution in [2.24, 2.45) is 11.8 Å². The van der Waals surface area contributed by atoms with Crippen LogP contribution in [0.25, 0.3) is 0 Å². The molecule has 0 bridgehead atoms. The second-order valence-electron chi connectivity index (χ2n) is 6.40. The van der Waals surface area contributed by atoms with Gasteiger partial charge in [0.1, 0.15) is 0 Å². The van der Waals surface area contributed by atoms with Crippen molar-refractivity contribution in [2.75, 3.05) is 13.2 Å². The van der Waals surface area contributed by atoms with Crippen LogP contribution in [0.1, 0.15) is 31.2 Å². The lowest BCUT2D eigenvalue weighted by Gasteiger charge is -2.28. The second kappa shape index (κ2) is 7.96. The highest BCUT2D eigenvalue weighted by molar-refractivity contribution is 5.78. The highest BCUT2D eigenvalue weighted by Crippen LogP contribution is 2.36. The van der Waals surface area contributed by atoms with Crippen LogP contribution in [0.5, 0.6) is 0 Å². The summed E-state index contributed by atoms with van der Waals surface area (Å²) in [5.74, 6) is -6.30. The summed E-state index contributed by atoms with van der Waals surface area (Å²) in [6.45, 7) is -0.170. The molecular weight excluding hydrogens is 326 g/mol. The Morgan fingerprint density at radius 2 is 2.08 bits per heavy atom. The first kappa shape index (κ1) is 18.7. The predicted octanol–water partition coefficient (Wildman–Crippen LogP) is 3.06. The van der Waals surface area contributed by atoms with Crippen LogP contribution in [-0.2, 0) is 11.2 Å². The van der Waals surface area contributed by atoms with Gasteiger partial charge in [-0.25, -0.2) is 17.6 Å². The number of halogens is 4. The van der Waals surface area contributed by atoms with E-state index >= 15 is 0 Å². The van der Waals surface area contributed by atoms with E-state index in [2.05, 4.69) is 5.32 Å². The van der Waals surface area contributed by atoms with E-state index < -0.39 is 41.7 Å². The Morgan fingerprint density at radius 3 is 2.71 bits per heavy atom. The number of carbonyl (C=O) groups excluding carboxylic acids is 1. The number of nitrogens with one attached hydrogen (secondary N) is 1. The molecule has 7 heteroatoms. The van der Waals surface area contributed by atoms with Crippen molar-refractivity contribution in [3.63, 3.8) is 0 Å². The van der Waals surface area contributed by atoms with Crippen molar-refractivity contribution < 1.29 is 27.5 Å². The first-order valence-electron chi connectivity index (χ1n) is 8.01. The van der Waals surface area contributed by atoms with Gasteiger partial charge in [0.2, 0.25) is 11.8 Å². The summed E-state index contributed by atoms with van der Waals surface area (Å²) in [7, 11) is 0. The number of benzene rings is 1. The monoisotopic (exact) mass is 347 g/mol. The maximum Gasteiger partial charge on any atom is 0.248 e. The molecule has 0 aliphatic heterocycles. The number of hydrogen-bond donors (Lipinski definition) is 2. The zero-order chi connectivity index (χ0) is 17.7. The molecule has 0 unspecified atom stereocenters. The van der Waals surface area contributed by atoms with Crippen molar-refractivity contribution in [2.45, 2.75) is 38.0 Å². The largest absolute Gasteiger partial charge is 0.396 e. The van der Waals surface area contributed by atoms with Gasteiger partial charge in [-0.15, -0.1) is 0 Å². The summed E-state index contributed by atoms with van der Waals surface area (Å²) in [4.78, 5) is 12.0. The lowest BCUT2D eigenvalue weighted by atomic mass is 9.86. The quantitative estimate of drug-likeness (QED) is 0.777. The van der Waals surface area contributed by atoms with Gasteiger partial charge < -0.3 is 10.4 Å². The third-order valence-electron chi connectivity index (χ3n) is 4.34. The lowest BCUT2D eigenvalue weighted by Crippen LogP contribution is -2.40. The average Bonchev–Trinajstić information content (AvgIpc) is 2.53. The van der Waals surface area contributed by atoms with Gasteiger partial charge in [0, 0.05) is 37.8 Å². The minimum Gasteiger partial charge on any atom is -0.396 e. The SMILES string of the molecule is O=C(NC[C@H](CO)Cc1ccc(F)c(F)c1)[C@H]1CCCC(F)(F)C1. The number of alkyl halides is 2. The van der Waals surface area contributed by atoms with E-state index in [-0.39, 0.29) is 26.0 Å². The molecule has 0 saturated heterocycles. The fraction of sp³-hybridized carbons (Fsp3) is 0.588. The highest BCUT2D eigenvalue weighted by Gasteiger charge is 2.39. The van der Waals surface area contributed by atoms with Gasteiger partial charge in [-0.2, -0.15) is 0 Å². The zero-order valence-corrected chi connectivity index (χ0v) is 13.2. The number of carbonyl (C=O) groups is 1. The van der Waals surface area contributed by atoms with E-state index in [1.54, 1.807) is 0 Å². The van der Waals surface area contributed by atoms with Crippen LogP contribution in [0, 0.1) is 23.5 Å². The van der Waals surface area contributed by atoms with Crippen molar-refractivity contribution in [3.05, 3.63) is 35.4 Å². The van der Waals surface area contributed by atoms with Crippen molar-refractivity contribution in [1.29, 1.82) is 0 Å². The van der Waals surface area contributed by atoms with Crippen LogP contribution in [0.4, 0.5) is 17.6 Å². The van der Waals surface area contributed by atoms with E-state index in [0.717, 1.165) is 12.1 Å². The molecule has 1 aromatic carbocycles. The van der Waals surface area contributed by atoms with Gasteiger partial charge in [0.25, 0.3) is 0 Å². The summed E-state index contributed by atoms with van der Waals surface area (Å²) < 4.78 is 52.8. The molecule has 0 aromatic heterocycles. The number of aliphatic hydroxyl groups excluding tert-OH is 1. The fourth-order valence-electron chi connectivity index (χ4n) is 2.99. The molecule has 1 aliphatic carbocycles. The van der Waals surface area contributed by atoms with Crippen molar-refractivity contribution in [1.82, 2.24) is 5.32 Å². The van der Waals surface area contributed by atoms with Gasteiger partial charge in [0.15, 0.2) is 11.6 Å². The standard InChI is InChI=1S/C17H21F4NO2/c18-14-4-3-11(7-15(14)19)6-12(10-23)9-22-16(24)13-2-1-5-17(20,21)8-13/h3-4,7,12-13,23H,1-2,5-6,8-10H2,(H,22,24)/t12-,13+/m1/s1. The van der Waals surface area contributed by atoms with Crippen LogP contribution < -0.4 is 5.32 Å². The highest BCUT2D eigenvalue weighted by atomic mass is 19.3. The van der Waals surface area contributed by atoms with Gasteiger partial charge in [-0.3, -0.25) is 4.79 Å². The molecule has 3 nitrogen and oxygen atoms in total. The van der Waals surface area contributed by atoms with Gasteiger partial charge in [-0.1, -0.05) is 6.07 Å². The lowest BCUT2D eigenvalue weighted by molar-refractivity contribution is -0.132. The molecule has 0 spiro atoms. The number of amides is 1. The summed E-state index contributed by atoms with van der Waals surface area (Å²) >= 11 is 0. The molecule has 2 atom stereocenters. The molecule has 1 aliphatic rings. The van der Waals surface area contributed by atoms with Crippen LogP contribution in [0.15, 0.2) is 18.2 Å². The van der Waals surface area contributed by atoms with Crippen LogP contribution in [0.3, 0.4) is 0 Å². The zero-order valence-electron chi connectivity index (χ0n) is 13.2. The molecule has 0 heterocycles. The summed E-state index contributed by atoms with van der Waals surface area (Å²) in [6.07, 6.45) is 0.338.